The maximum Gasteiger partial charge on any atom is 0.244 e. The number of rotatable bonds is 6. The van der Waals surface area contributed by atoms with E-state index in [1.165, 1.54) is 0 Å². The van der Waals surface area contributed by atoms with Crippen molar-refractivity contribution < 1.29 is 18.3 Å². The molecule has 1 aromatic carbocycles. The van der Waals surface area contributed by atoms with E-state index >= 15 is 0 Å². The van der Waals surface area contributed by atoms with E-state index in [4.69, 9.17) is 9.84 Å². The third-order valence-corrected chi connectivity index (χ3v) is 3.57. The Bertz CT molecular complexity index is 470. The molecule has 17 heavy (non-hydrogen) atoms. The molecule has 0 aliphatic heterocycles. The second kappa shape index (κ2) is 6.00. The van der Waals surface area contributed by atoms with Gasteiger partial charge in [0.05, 0.1) is 13.2 Å². The van der Waals surface area contributed by atoms with E-state index < -0.39 is 10.0 Å². The molecule has 2 N–H and O–H groups in total. The lowest BCUT2D eigenvalue weighted by atomic mass is 10.2. The Morgan fingerprint density at radius 3 is 2.71 bits per heavy atom. The number of hydrogen-bond acceptors (Lipinski definition) is 4. The van der Waals surface area contributed by atoms with Gasteiger partial charge in [0.2, 0.25) is 10.0 Å². The summed E-state index contributed by atoms with van der Waals surface area (Å²) in [5.74, 6) is 0.323. The van der Waals surface area contributed by atoms with Crippen LogP contribution in [0, 0.1) is 6.92 Å². The highest BCUT2D eigenvalue weighted by molar-refractivity contribution is 7.89. The second-order valence-corrected chi connectivity index (χ2v) is 5.24. The molecule has 0 bridgehead atoms. The van der Waals surface area contributed by atoms with Crippen molar-refractivity contribution >= 4 is 10.0 Å². The first kappa shape index (κ1) is 14.0. The summed E-state index contributed by atoms with van der Waals surface area (Å²) in [6.45, 7) is 3.74. The Morgan fingerprint density at radius 1 is 1.41 bits per heavy atom. The average molecular weight is 259 g/mol. The third-order valence-electron chi connectivity index (χ3n) is 2.09. The number of ether oxygens (including phenoxy) is 1. The zero-order valence-electron chi connectivity index (χ0n) is 9.93. The SMILES string of the molecule is CCOc1ccc(C)cc1S(=O)(=O)NCCO. The summed E-state index contributed by atoms with van der Waals surface area (Å²) in [7, 11) is -3.63. The highest BCUT2D eigenvalue weighted by Gasteiger charge is 2.19. The molecule has 0 aliphatic rings. The maximum absolute atomic E-state index is 11.9. The number of sulfonamides is 1. The van der Waals surface area contributed by atoms with E-state index in [0.29, 0.717) is 12.4 Å². The summed E-state index contributed by atoms with van der Waals surface area (Å²) in [6.07, 6.45) is 0. The van der Waals surface area contributed by atoms with Crippen molar-refractivity contribution in [2.75, 3.05) is 19.8 Å². The van der Waals surface area contributed by atoms with Gasteiger partial charge in [-0.25, -0.2) is 13.1 Å². The third kappa shape index (κ3) is 3.69. The van der Waals surface area contributed by atoms with Crippen LogP contribution in [-0.4, -0.2) is 33.3 Å². The molecule has 6 heteroatoms. The van der Waals surface area contributed by atoms with Crippen LogP contribution in [0.15, 0.2) is 23.1 Å². The van der Waals surface area contributed by atoms with Crippen molar-refractivity contribution in [3.63, 3.8) is 0 Å². The Labute approximate surface area is 101 Å². The summed E-state index contributed by atoms with van der Waals surface area (Å²) < 4.78 is 31.4. The van der Waals surface area contributed by atoms with Gasteiger partial charge in [-0.15, -0.1) is 0 Å². The first-order valence-electron chi connectivity index (χ1n) is 5.35. The molecule has 0 fully saturated rings. The lowest BCUT2D eigenvalue weighted by molar-refractivity contribution is 0.300. The Hall–Kier alpha value is -1.11. The van der Waals surface area contributed by atoms with Crippen LogP contribution in [0.2, 0.25) is 0 Å². The fourth-order valence-corrected chi connectivity index (χ4v) is 2.61. The van der Waals surface area contributed by atoms with Gasteiger partial charge in [-0.05, 0) is 31.5 Å². The van der Waals surface area contributed by atoms with Crippen LogP contribution in [0.4, 0.5) is 0 Å². The molecule has 0 heterocycles. The normalized spacial score (nSPS) is 11.5. The molecule has 0 unspecified atom stereocenters. The molecule has 0 aliphatic carbocycles. The summed E-state index contributed by atoms with van der Waals surface area (Å²) in [5.41, 5.74) is 0.831. The van der Waals surface area contributed by atoms with Crippen molar-refractivity contribution in [1.82, 2.24) is 4.72 Å². The average Bonchev–Trinajstić information content (AvgIpc) is 2.29. The molecule has 1 rings (SSSR count). The van der Waals surface area contributed by atoms with Crippen molar-refractivity contribution in [2.45, 2.75) is 18.7 Å². The zero-order valence-corrected chi connectivity index (χ0v) is 10.8. The summed E-state index contributed by atoms with van der Waals surface area (Å²) in [4.78, 5) is 0.104. The van der Waals surface area contributed by atoms with Crippen LogP contribution in [-0.2, 0) is 10.0 Å². The molecule has 0 aromatic heterocycles. The van der Waals surface area contributed by atoms with Gasteiger partial charge >= 0.3 is 0 Å². The van der Waals surface area contributed by atoms with Gasteiger partial charge in [-0.3, -0.25) is 0 Å². The van der Waals surface area contributed by atoms with Crippen LogP contribution in [0.5, 0.6) is 5.75 Å². The standard InChI is InChI=1S/C11H17NO4S/c1-3-16-10-5-4-9(2)8-11(10)17(14,15)12-6-7-13/h4-5,8,12-13H,3,6-7H2,1-2H3. The van der Waals surface area contributed by atoms with Crippen LogP contribution in [0.25, 0.3) is 0 Å². The minimum atomic E-state index is -3.63. The molecular weight excluding hydrogens is 242 g/mol. The van der Waals surface area contributed by atoms with Crippen molar-refractivity contribution in [2.24, 2.45) is 0 Å². The van der Waals surface area contributed by atoms with Gasteiger partial charge in [-0.1, -0.05) is 6.07 Å². The number of benzene rings is 1. The van der Waals surface area contributed by atoms with Crippen LogP contribution < -0.4 is 9.46 Å². The first-order valence-corrected chi connectivity index (χ1v) is 6.83. The molecular formula is C11H17NO4S. The topological polar surface area (TPSA) is 75.6 Å². The Balaban J connectivity index is 3.13. The molecule has 0 radical (unpaired) electrons. The molecule has 96 valence electrons. The van der Waals surface area contributed by atoms with Crippen LogP contribution >= 0.6 is 0 Å². The molecule has 0 spiro atoms. The van der Waals surface area contributed by atoms with Gasteiger partial charge in [0.15, 0.2) is 0 Å². The van der Waals surface area contributed by atoms with Gasteiger partial charge in [-0.2, -0.15) is 0 Å². The summed E-state index contributed by atoms with van der Waals surface area (Å²) in [5, 5.41) is 8.65. The van der Waals surface area contributed by atoms with Gasteiger partial charge < -0.3 is 9.84 Å². The highest BCUT2D eigenvalue weighted by Crippen LogP contribution is 2.24. The number of aryl methyl sites for hydroxylation is 1. The lowest BCUT2D eigenvalue weighted by Gasteiger charge is -2.12. The number of aliphatic hydroxyl groups is 1. The minimum Gasteiger partial charge on any atom is -0.492 e. The largest absolute Gasteiger partial charge is 0.492 e. The quantitative estimate of drug-likeness (QED) is 0.787. The van der Waals surface area contributed by atoms with E-state index in [-0.39, 0.29) is 18.0 Å². The molecule has 0 saturated heterocycles. The first-order chi connectivity index (χ1) is 8.01. The molecule has 0 amide bonds. The molecule has 1 aromatic rings. The highest BCUT2D eigenvalue weighted by atomic mass is 32.2. The van der Waals surface area contributed by atoms with E-state index in [1.807, 2.05) is 0 Å². The van der Waals surface area contributed by atoms with Gasteiger partial charge in [0, 0.05) is 6.54 Å². The summed E-state index contributed by atoms with van der Waals surface area (Å²) >= 11 is 0. The van der Waals surface area contributed by atoms with Gasteiger partial charge in [0.25, 0.3) is 0 Å². The minimum absolute atomic E-state index is 0.0121. The zero-order chi connectivity index (χ0) is 12.9. The number of aliphatic hydroxyl groups excluding tert-OH is 1. The van der Waals surface area contributed by atoms with E-state index in [0.717, 1.165) is 5.56 Å². The van der Waals surface area contributed by atoms with E-state index in [9.17, 15) is 8.42 Å². The van der Waals surface area contributed by atoms with Crippen molar-refractivity contribution in [3.8, 4) is 5.75 Å². The molecule has 0 atom stereocenters. The molecule has 5 nitrogen and oxygen atoms in total. The van der Waals surface area contributed by atoms with E-state index in [1.54, 1.807) is 32.0 Å². The molecule has 0 saturated carbocycles. The maximum atomic E-state index is 11.9. The Morgan fingerprint density at radius 2 is 2.12 bits per heavy atom. The second-order valence-electron chi connectivity index (χ2n) is 3.50. The Kier molecular flexibility index (Phi) is 4.92. The van der Waals surface area contributed by atoms with Crippen molar-refractivity contribution in [3.05, 3.63) is 23.8 Å². The van der Waals surface area contributed by atoms with Crippen LogP contribution in [0.3, 0.4) is 0 Å². The van der Waals surface area contributed by atoms with Crippen LogP contribution in [0.1, 0.15) is 12.5 Å². The summed E-state index contributed by atoms with van der Waals surface area (Å²) in [6, 6.07) is 4.97. The fourth-order valence-electron chi connectivity index (χ4n) is 1.36. The monoisotopic (exact) mass is 259 g/mol. The number of hydrogen-bond donors (Lipinski definition) is 2. The predicted molar refractivity (Wildman–Crippen MR) is 64.6 cm³/mol. The van der Waals surface area contributed by atoms with Gasteiger partial charge in [0.1, 0.15) is 10.6 Å². The van der Waals surface area contributed by atoms with Crippen molar-refractivity contribution in [1.29, 1.82) is 0 Å². The lowest BCUT2D eigenvalue weighted by Crippen LogP contribution is -2.27. The smallest absolute Gasteiger partial charge is 0.244 e. The fraction of sp³-hybridized carbons (Fsp3) is 0.455. The number of nitrogens with one attached hydrogen (secondary N) is 1. The van der Waals surface area contributed by atoms with E-state index in [2.05, 4.69) is 4.72 Å². The predicted octanol–water partition coefficient (Wildman–Crippen LogP) is 0.664.